The maximum Gasteiger partial charge on any atom is 0.251 e. The van der Waals surface area contributed by atoms with Gasteiger partial charge in [0.25, 0.3) is 5.91 Å². The van der Waals surface area contributed by atoms with Crippen LogP contribution in [0, 0.1) is 16.7 Å². The van der Waals surface area contributed by atoms with Crippen LogP contribution in [0.4, 0.5) is 0 Å². The van der Waals surface area contributed by atoms with Gasteiger partial charge in [-0.3, -0.25) is 4.79 Å². The second-order valence-corrected chi connectivity index (χ2v) is 7.60. The molecule has 0 radical (unpaired) electrons. The Bertz CT molecular complexity index is 511. The smallest absolute Gasteiger partial charge is 0.251 e. The highest BCUT2D eigenvalue weighted by Crippen LogP contribution is 2.67. The Morgan fingerprint density at radius 2 is 1.89 bits per heavy atom. The minimum atomic E-state index is -0.0621. The van der Waals surface area contributed by atoms with Crippen molar-refractivity contribution in [3.63, 3.8) is 0 Å². The Balaban J connectivity index is 1.98. The number of amides is 1. The van der Waals surface area contributed by atoms with Gasteiger partial charge in [0.15, 0.2) is 0 Å². The summed E-state index contributed by atoms with van der Waals surface area (Å²) in [7, 11) is 0. The highest BCUT2D eigenvalue weighted by Gasteiger charge is 2.64. The molecule has 104 valence electrons. The molecule has 0 spiro atoms. The van der Waals surface area contributed by atoms with Crippen LogP contribution in [0.5, 0.6) is 0 Å². The van der Waals surface area contributed by atoms with Gasteiger partial charge in [-0.15, -0.1) is 0 Å². The lowest BCUT2D eigenvalue weighted by atomic mass is 10.0. The summed E-state index contributed by atoms with van der Waals surface area (Å²) in [5.74, 6) is 0.461. The zero-order valence-electron chi connectivity index (χ0n) is 11.7. The summed E-state index contributed by atoms with van der Waals surface area (Å²) in [4.78, 5) is 12.1. The molecule has 0 aromatic heterocycles. The van der Waals surface area contributed by atoms with Crippen LogP contribution in [-0.4, -0.2) is 12.5 Å². The topological polar surface area (TPSA) is 29.1 Å². The molecule has 1 aliphatic carbocycles. The van der Waals surface area contributed by atoms with Crippen molar-refractivity contribution in [3.8, 4) is 0 Å². The molecule has 2 nitrogen and oxygen atoms in total. The van der Waals surface area contributed by atoms with Crippen LogP contribution in [0.15, 0.2) is 22.7 Å². The summed E-state index contributed by atoms with van der Waals surface area (Å²) >= 11 is 9.31. The molecular formula is C15H19BrClNO. The molecule has 1 saturated carbocycles. The lowest BCUT2D eigenvalue weighted by Crippen LogP contribution is -2.27. The molecule has 1 aromatic rings. The first kappa shape index (κ1) is 14.9. The third-order valence-electron chi connectivity index (χ3n) is 4.97. The first-order valence-electron chi connectivity index (χ1n) is 6.41. The van der Waals surface area contributed by atoms with Gasteiger partial charge in [0.1, 0.15) is 0 Å². The fraction of sp³-hybridized carbons (Fsp3) is 0.533. The minimum Gasteiger partial charge on any atom is -0.352 e. The fourth-order valence-electron chi connectivity index (χ4n) is 2.78. The molecule has 4 heteroatoms. The molecule has 1 aromatic carbocycles. The number of carbonyl (C=O) groups excluding carboxylic acids is 1. The second-order valence-electron chi connectivity index (χ2n) is 6.33. The van der Waals surface area contributed by atoms with E-state index in [0.29, 0.717) is 23.0 Å². The highest BCUT2D eigenvalue weighted by atomic mass is 79.9. The number of halogens is 2. The number of carbonyl (C=O) groups is 1. The van der Waals surface area contributed by atoms with Crippen LogP contribution in [0.25, 0.3) is 0 Å². The third-order valence-corrected chi connectivity index (χ3v) is 6.20. The van der Waals surface area contributed by atoms with Crippen LogP contribution in [0.1, 0.15) is 38.1 Å². The van der Waals surface area contributed by atoms with E-state index in [1.54, 1.807) is 18.2 Å². The van der Waals surface area contributed by atoms with Crippen LogP contribution >= 0.6 is 27.5 Å². The average molecular weight is 345 g/mol. The van der Waals surface area contributed by atoms with E-state index >= 15 is 0 Å². The predicted molar refractivity (Wildman–Crippen MR) is 82.5 cm³/mol. The molecule has 1 amide bonds. The molecule has 0 saturated heterocycles. The van der Waals surface area contributed by atoms with Gasteiger partial charge in [-0.05, 0) is 50.9 Å². The van der Waals surface area contributed by atoms with E-state index in [4.69, 9.17) is 11.6 Å². The molecule has 0 heterocycles. The van der Waals surface area contributed by atoms with Crippen LogP contribution in [-0.2, 0) is 0 Å². The Kier molecular flexibility index (Phi) is 3.74. The highest BCUT2D eigenvalue weighted by molar-refractivity contribution is 9.10. The Hall–Kier alpha value is -0.540. The van der Waals surface area contributed by atoms with Crippen LogP contribution in [0.2, 0.25) is 5.02 Å². The van der Waals surface area contributed by atoms with Gasteiger partial charge in [-0.1, -0.05) is 39.3 Å². The quantitative estimate of drug-likeness (QED) is 0.858. The number of hydrogen-bond donors (Lipinski definition) is 1. The largest absolute Gasteiger partial charge is 0.352 e. The van der Waals surface area contributed by atoms with Gasteiger partial charge < -0.3 is 5.32 Å². The summed E-state index contributed by atoms with van der Waals surface area (Å²) in [5, 5.41) is 3.56. The maximum atomic E-state index is 12.1. The molecule has 1 fully saturated rings. The molecule has 1 aliphatic rings. The van der Waals surface area contributed by atoms with E-state index in [0.717, 1.165) is 4.47 Å². The molecule has 0 bridgehead atoms. The summed E-state index contributed by atoms with van der Waals surface area (Å²) < 4.78 is 0.801. The molecule has 0 unspecified atom stereocenters. The zero-order valence-corrected chi connectivity index (χ0v) is 14.0. The number of rotatable bonds is 3. The van der Waals surface area contributed by atoms with Gasteiger partial charge in [-0.25, -0.2) is 0 Å². The van der Waals surface area contributed by atoms with Crippen molar-refractivity contribution in [1.82, 2.24) is 5.32 Å². The summed E-state index contributed by atoms with van der Waals surface area (Å²) in [5.41, 5.74) is 1.18. The van der Waals surface area contributed by atoms with Crippen molar-refractivity contribution >= 4 is 33.4 Å². The number of nitrogens with one attached hydrogen (secondary N) is 1. The normalized spacial score (nSPS) is 20.1. The third kappa shape index (κ3) is 2.55. The molecule has 2 rings (SSSR count). The van der Waals surface area contributed by atoms with E-state index in [1.165, 1.54) is 0 Å². The summed E-state index contributed by atoms with van der Waals surface area (Å²) in [6.45, 7) is 9.72. The van der Waals surface area contributed by atoms with Gasteiger partial charge in [0.05, 0.1) is 5.02 Å². The van der Waals surface area contributed by atoms with E-state index in [1.807, 2.05) is 0 Å². The first-order valence-corrected chi connectivity index (χ1v) is 7.58. The van der Waals surface area contributed by atoms with Crippen molar-refractivity contribution in [1.29, 1.82) is 0 Å². The number of benzene rings is 1. The van der Waals surface area contributed by atoms with Gasteiger partial charge >= 0.3 is 0 Å². The Morgan fingerprint density at radius 3 is 2.37 bits per heavy atom. The molecule has 1 N–H and O–H groups in total. The van der Waals surface area contributed by atoms with Crippen LogP contribution < -0.4 is 5.32 Å². The first-order chi connectivity index (χ1) is 8.68. The lowest BCUT2D eigenvalue weighted by molar-refractivity contribution is 0.0950. The SMILES string of the molecule is CC1(C)C(CNC(=O)c2ccc(Br)c(Cl)c2)C1(C)C. The molecule has 0 aliphatic heterocycles. The predicted octanol–water partition coefficient (Wildman–Crippen LogP) is 4.51. The van der Waals surface area contributed by atoms with Crippen LogP contribution in [0.3, 0.4) is 0 Å². The average Bonchev–Trinajstić information content (AvgIpc) is 2.70. The maximum absolute atomic E-state index is 12.1. The van der Waals surface area contributed by atoms with Crippen molar-refractivity contribution in [3.05, 3.63) is 33.3 Å². The van der Waals surface area contributed by atoms with Crippen molar-refractivity contribution in [2.24, 2.45) is 16.7 Å². The minimum absolute atomic E-state index is 0.0621. The zero-order chi connectivity index (χ0) is 14.4. The Morgan fingerprint density at radius 1 is 1.32 bits per heavy atom. The van der Waals surface area contributed by atoms with E-state index in [2.05, 4.69) is 48.9 Å². The Labute approximate surface area is 128 Å². The monoisotopic (exact) mass is 343 g/mol. The van der Waals surface area contributed by atoms with Gasteiger partial charge in [-0.2, -0.15) is 0 Å². The molecule has 0 atom stereocenters. The fourth-order valence-corrected chi connectivity index (χ4v) is 3.20. The molecule has 19 heavy (non-hydrogen) atoms. The van der Waals surface area contributed by atoms with E-state index in [9.17, 15) is 4.79 Å². The van der Waals surface area contributed by atoms with Gasteiger partial charge in [0, 0.05) is 16.6 Å². The second kappa shape index (κ2) is 4.78. The van der Waals surface area contributed by atoms with Crippen molar-refractivity contribution in [2.45, 2.75) is 27.7 Å². The molecular weight excluding hydrogens is 326 g/mol. The number of hydrogen-bond acceptors (Lipinski definition) is 1. The van der Waals surface area contributed by atoms with Gasteiger partial charge in [0.2, 0.25) is 0 Å². The van der Waals surface area contributed by atoms with Crippen molar-refractivity contribution < 1.29 is 4.79 Å². The van der Waals surface area contributed by atoms with E-state index in [-0.39, 0.29) is 16.7 Å². The summed E-state index contributed by atoms with van der Waals surface area (Å²) in [6, 6.07) is 5.25. The standard InChI is InChI=1S/C15H19BrClNO/c1-14(2)12(15(14,3)4)8-18-13(19)9-5-6-10(16)11(17)7-9/h5-7,12H,8H2,1-4H3,(H,18,19). The van der Waals surface area contributed by atoms with E-state index < -0.39 is 0 Å². The summed E-state index contributed by atoms with van der Waals surface area (Å²) in [6.07, 6.45) is 0. The lowest BCUT2D eigenvalue weighted by Gasteiger charge is -2.07. The van der Waals surface area contributed by atoms with Crippen molar-refractivity contribution in [2.75, 3.05) is 6.54 Å².